The zero-order chi connectivity index (χ0) is 21.8. The topological polar surface area (TPSA) is 69.7 Å². The molecular formula is C25H22O5S. The Balaban J connectivity index is 1.71. The molecule has 1 aliphatic heterocycles. The van der Waals surface area contributed by atoms with Crippen LogP contribution in [0.5, 0.6) is 0 Å². The highest BCUT2D eigenvalue weighted by atomic mass is 32.2. The van der Waals surface area contributed by atoms with Crippen LogP contribution in [0.4, 0.5) is 0 Å². The van der Waals surface area contributed by atoms with Crippen LogP contribution in [0.1, 0.15) is 16.7 Å². The summed E-state index contributed by atoms with van der Waals surface area (Å²) in [5.41, 5.74) is 2.94. The molecular weight excluding hydrogens is 412 g/mol. The Morgan fingerprint density at radius 2 is 1.42 bits per heavy atom. The fraction of sp³-hybridized carbons (Fsp3) is 0.160. The number of carbonyl (C=O) groups excluding carboxylic acids is 1. The second kappa shape index (κ2) is 8.78. The number of ether oxygens (including phenoxy) is 1. The van der Waals surface area contributed by atoms with Gasteiger partial charge in [-0.2, -0.15) is 8.42 Å². The van der Waals surface area contributed by atoms with Gasteiger partial charge in [0.15, 0.2) is 11.9 Å². The fourth-order valence-electron chi connectivity index (χ4n) is 3.45. The zero-order valence-corrected chi connectivity index (χ0v) is 17.8. The minimum atomic E-state index is -4.12. The van der Waals surface area contributed by atoms with E-state index in [9.17, 15) is 13.2 Å². The second-order valence-corrected chi connectivity index (χ2v) is 8.99. The van der Waals surface area contributed by atoms with Crippen molar-refractivity contribution in [2.24, 2.45) is 0 Å². The van der Waals surface area contributed by atoms with Crippen LogP contribution in [0.15, 0.2) is 101 Å². The van der Waals surface area contributed by atoms with Crippen LogP contribution in [-0.4, -0.2) is 20.5 Å². The van der Waals surface area contributed by atoms with Gasteiger partial charge in [0.1, 0.15) is 4.90 Å². The molecule has 0 saturated carbocycles. The molecule has 0 saturated heterocycles. The third kappa shape index (κ3) is 4.86. The Labute approximate surface area is 182 Å². The summed E-state index contributed by atoms with van der Waals surface area (Å²) in [6.07, 6.45) is -0.262. The molecule has 5 nitrogen and oxygen atoms in total. The molecule has 1 atom stereocenters. The summed E-state index contributed by atoms with van der Waals surface area (Å²) in [4.78, 5) is 12.7. The van der Waals surface area contributed by atoms with Crippen molar-refractivity contribution >= 4 is 16.1 Å². The molecule has 3 aromatic carbocycles. The number of aryl methyl sites for hydroxylation is 1. The lowest BCUT2D eigenvalue weighted by atomic mass is 10.0. The van der Waals surface area contributed by atoms with E-state index >= 15 is 0 Å². The molecule has 0 N–H and O–H groups in total. The fourth-order valence-corrected chi connectivity index (χ4v) is 4.46. The van der Waals surface area contributed by atoms with Crippen molar-refractivity contribution in [2.45, 2.75) is 30.8 Å². The first kappa shape index (κ1) is 20.9. The van der Waals surface area contributed by atoms with E-state index in [1.807, 2.05) is 67.6 Å². The number of cyclic esters (lactones) is 1. The van der Waals surface area contributed by atoms with Crippen molar-refractivity contribution in [1.29, 1.82) is 0 Å². The van der Waals surface area contributed by atoms with Gasteiger partial charge in [-0.15, -0.1) is 0 Å². The Morgan fingerprint density at radius 3 is 2.03 bits per heavy atom. The summed E-state index contributed by atoms with van der Waals surface area (Å²) in [5, 5.41) is 0. The van der Waals surface area contributed by atoms with Crippen LogP contribution >= 0.6 is 0 Å². The standard InChI is InChI=1S/C25H22O5S/c1-18-12-14-21(15-13-18)31(27,28)30-24-22(16-19-8-4-2-5-9-19)25(26)29-23(24)17-20-10-6-3-7-11-20/h2-15,23H,16-17H2,1H3/t23-/m0/s1. The molecule has 31 heavy (non-hydrogen) atoms. The van der Waals surface area contributed by atoms with E-state index in [1.165, 1.54) is 12.1 Å². The van der Waals surface area contributed by atoms with Gasteiger partial charge in [-0.05, 0) is 30.2 Å². The van der Waals surface area contributed by atoms with Crippen LogP contribution in [0, 0.1) is 6.92 Å². The molecule has 0 fully saturated rings. The van der Waals surface area contributed by atoms with Crippen LogP contribution in [0.25, 0.3) is 0 Å². The maximum atomic E-state index is 13.0. The van der Waals surface area contributed by atoms with E-state index < -0.39 is 22.2 Å². The lowest BCUT2D eigenvalue weighted by Crippen LogP contribution is -2.19. The molecule has 1 heterocycles. The van der Waals surface area contributed by atoms with Gasteiger partial charge in [0.2, 0.25) is 0 Å². The highest BCUT2D eigenvalue weighted by molar-refractivity contribution is 7.86. The number of hydrogen-bond donors (Lipinski definition) is 0. The molecule has 4 rings (SSSR count). The van der Waals surface area contributed by atoms with E-state index in [1.54, 1.807) is 12.1 Å². The zero-order valence-electron chi connectivity index (χ0n) is 17.0. The Kier molecular flexibility index (Phi) is 5.91. The number of hydrogen-bond acceptors (Lipinski definition) is 5. The van der Waals surface area contributed by atoms with Crippen LogP contribution < -0.4 is 0 Å². The van der Waals surface area contributed by atoms with Crippen molar-refractivity contribution in [1.82, 2.24) is 0 Å². The Hall–Kier alpha value is -3.38. The number of carbonyl (C=O) groups is 1. The number of benzene rings is 3. The molecule has 0 spiro atoms. The molecule has 3 aromatic rings. The van der Waals surface area contributed by atoms with Gasteiger partial charge in [0, 0.05) is 12.8 Å². The quantitative estimate of drug-likeness (QED) is 0.408. The van der Waals surface area contributed by atoms with Gasteiger partial charge >= 0.3 is 16.1 Å². The summed E-state index contributed by atoms with van der Waals surface area (Å²) in [6, 6.07) is 25.2. The average Bonchev–Trinajstić information content (AvgIpc) is 3.03. The number of esters is 1. The molecule has 0 radical (unpaired) electrons. The first-order chi connectivity index (χ1) is 14.9. The van der Waals surface area contributed by atoms with Crippen LogP contribution in [0.3, 0.4) is 0 Å². The molecule has 6 heteroatoms. The van der Waals surface area contributed by atoms with E-state index in [0.717, 1.165) is 16.7 Å². The second-order valence-electron chi connectivity index (χ2n) is 7.44. The largest absolute Gasteiger partial charge is 0.450 e. The van der Waals surface area contributed by atoms with Crippen molar-refractivity contribution in [2.75, 3.05) is 0 Å². The number of rotatable bonds is 7. The van der Waals surface area contributed by atoms with E-state index in [-0.39, 0.29) is 22.6 Å². The predicted molar refractivity (Wildman–Crippen MR) is 117 cm³/mol. The first-order valence-corrected chi connectivity index (χ1v) is 11.4. The predicted octanol–water partition coefficient (Wildman–Crippen LogP) is 4.37. The van der Waals surface area contributed by atoms with Crippen LogP contribution in [0.2, 0.25) is 0 Å². The molecule has 158 valence electrons. The molecule has 1 aliphatic rings. The maximum absolute atomic E-state index is 13.0. The monoisotopic (exact) mass is 434 g/mol. The normalized spacial score (nSPS) is 16.3. The SMILES string of the molecule is Cc1ccc(S(=O)(=O)OC2=C(Cc3ccccc3)C(=O)O[C@H]2Cc2ccccc2)cc1. The van der Waals surface area contributed by atoms with Gasteiger partial charge in [-0.1, -0.05) is 78.4 Å². The van der Waals surface area contributed by atoms with Crippen molar-refractivity contribution in [3.8, 4) is 0 Å². The summed E-state index contributed by atoms with van der Waals surface area (Å²) in [7, 11) is -4.12. The summed E-state index contributed by atoms with van der Waals surface area (Å²) < 4.78 is 37.1. The van der Waals surface area contributed by atoms with Crippen LogP contribution in [-0.2, 0) is 36.7 Å². The highest BCUT2D eigenvalue weighted by Gasteiger charge is 2.38. The minimum Gasteiger partial charge on any atom is -0.450 e. The van der Waals surface area contributed by atoms with Crippen molar-refractivity contribution < 1.29 is 22.1 Å². The summed E-state index contributed by atoms with van der Waals surface area (Å²) in [6.45, 7) is 1.87. The average molecular weight is 435 g/mol. The maximum Gasteiger partial charge on any atom is 0.339 e. The minimum absolute atomic E-state index is 0.0301. The first-order valence-electron chi connectivity index (χ1n) is 9.95. The molecule has 0 unspecified atom stereocenters. The van der Waals surface area contributed by atoms with Crippen molar-refractivity contribution in [3.05, 3.63) is 113 Å². The molecule has 0 aliphatic carbocycles. The molecule has 0 aromatic heterocycles. The van der Waals surface area contributed by atoms with E-state index in [2.05, 4.69) is 0 Å². The lowest BCUT2D eigenvalue weighted by molar-refractivity contribution is -0.140. The van der Waals surface area contributed by atoms with E-state index in [4.69, 9.17) is 8.92 Å². The molecule has 0 bridgehead atoms. The Bertz CT molecular complexity index is 1200. The van der Waals surface area contributed by atoms with Crippen molar-refractivity contribution in [3.63, 3.8) is 0 Å². The Morgan fingerprint density at radius 1 is 0.839 bits per heavy atom. The van der Waals surface area contributed by atoms with E-state index in [0.29, 0.717) is 6.42 Å². The third-order valence-electron chi connectivity index (χ3n) is 5.08. The highest BCUT2D eigenvalue weighted by Crippen LogP contribution is 2.32. The summed E-state index contributed by atoms with van der Waals surface area (Å²) in [5.74, 6) is -0.503. The van der Waals surface area contributed by atoms with Gasteiger partial charge in [0.05, 0.1) is 5.57 Å². The smallest absolute Gasteiger partial charge is 0.339 e. The third-order valence-corrected chi connectivity index (χ3v) is 6.33. The van der Waals surface area contributed by atoms with Gasteiger partial charge in [-0.25, -0.2) is 4.79 Å². The summed E-state index contributed by atoms with van der Waals surface area (Å²) >= 11 is 0. The lowest BCUT2D eigenvalue weighted by Gasteiger charge is -2.15. The van der Waals surface area contributed by atoms with Gasteiger partial charge in [-0.3, -0.25) is 0 Å². The van der Waals surface area contributed by atoms with Gasteiger partial charge in [0.25, 0.3) is 0 Å². The molecule has 0 amide bonds. The van der Waals surface area contributed by atoms with Gasteiger partial charge < -0.3 is 8.92 Å².